The number of para-hydroxylation sites is 1. The minimum atomic E-state index is -0.245. The Morgan fingerprint density at radius 3 is 2.85 bits per heavy atom. The molecule has 128 valence electrons. The second-order valence-electron chi connectivity index (χ2n) is 5.65. The van der Waals surface area contributed by atoms with Gasteiger partial charge in [-0.3, -0.25) is 9.78 Å². The van der Waals surface area contributed by atoms with Crippen molar-refractivity contribution >= 4 is 33.7 Å². The molecule has 0 radical (unpaired) electrons. The highest BCUT2D eigenvalue weighted by Gasteiger charge is 2.16. The van der Waals surface area contributed by atoms with Crippen LogP contribution in [0.25, 0.3) is 15.9 Å². The molecule has 4 aromatic rings. The maximum atomic E-state index is 12.4. The molecule has 0 aliphatic carbocycles. The van der Waals surface area contributed by atoms with Crippen LogP contribution in [0.1, 0.15) is 20.9 Å². The fourth-order valence-corrected chi connectivity index (χ4v) is 3.65. The van der Waals surface area contributed by atoms with Gasteiger partial charge in [-0.2, -0.15) is 10.2 Å². The van der Waals surface area contributed by atoms with E-state index in [9.17, 15) is 4.79 Å². The quantitative estimate of drug-likeness (QED) is 0.446. The van der Waals surface area contributed by atoms with E-state index in [1.165, 1.54) is 11.3 Å². The Balaban J connectivity index is 1.59. The maximum Gasteiger partial charge on any atom is 0.281 e. The van der Waals surface area contributed by atoms with E-state index in [0.717, 1.165) is 27.2 Å². The number of nitrogens with one attached hydrogen (secondary N) is 1. The lowest BCUT2D eigenvalue weighted by Gasteiger charge is -2.01. The summed E-state index contributed by atoms with van der Waals surface area (Å²) in [5.74, 6) is -0.245. The van der Waals surface area contributed by atoms with Gasteiger partial charge in [-0.1, -0.05) is 24.3 Å². The molecule has 0 bridgehead atoms. The predicted molar refractivity (Wildman–Crippen MR) is 103 cm³/mol. The summed E-state index contributed by atoms with van der Waals surface area (Å²) in [7, 11) is 0. The first kappa shape index (κ1) is 16.2. The lowest BCUT2D eigenvalue weighted by atomic mass is 10.3. The summed E-state index contributed by atoms with van der Waals surface area (Å²) in [6, 6.07) is 15.4. The van der Waals surface area contributed by atoms with Gasteiger partial charge in [-0.25, -0.2) is 10.1 Å². The number of nitrogens with zero attached hydrogens (tertiary/aromatic N) is 4. The van der Waals surface area contributed by atoms with Crippen molar-refractivity contribution in [2.45, 2.75) is 6.92 Å². The summed E-state index contributed by atoms with van der Waals surface area (Å²) in [6.45, 7) is 1.94. The summed E-state index contributed by atoms with van der Waals surface area (Å²) < 4.78 is 1.87. The molecule has 0 unspecified atom stereocenters. The van der Waals surface area contributed by atoms with Crippen LogP contribution in [-0.2, 0) is 0 Å². The second-order valence-corrected chi connectivity index (χ2v) is 6.68. The first-order valence-electron chi connectivity index (χ1n) is 8.00. The summed E-state index contributed by atoms with van der Waals surface area (Å²) in [4.78, 5) is 17.9. The molecule has 0 spiro atoms. The molecule has 7 heteroatoms. The van der Waals surface area contributed by atoms with Gasteiger partial charge < -0.3 is 0 Å². The molecule has 3 aromatic heterocycles. The number of hydrogen-bond donors (Lipinski definition) is 1. The first-order valence-corrected chi connectivity index (χ1v) is 8.82. The smallest absolute Gasteiger partial charge is 0.266 e. The van der Waals surface area contributed by atoms with E-state index in [1.54, 1.807) is 18.6 Å². The van der Waals surface area contributed by atoms with Crippen molar-refractivity contribution in [3.8, 4) is 5.69 Å². The monoisotopic (exact) mass is 361 g/mol. The highest BCUT2D eigenvalue weighted by molar-refractivity contribution is 7.20. The molecule has 0 fully saturated rings. The van der Waals surface area contributed by atoms with Crippen LogP contribution in [0.2, 0.25) is 0 Å². The van der Waals surface area contributed by atoms with Crippen molar-refractivity contribution in [3.05, 3.63) is 77.1 Å². The molecule has 1 aromatic carbocycles. The number of hydrazone groups is 1. The molecule has 0 atom stereocenters. The average Bonchev–Trinajstić information content (AvgIpc) is 3.24. The fourth-order valence-electron chi connectivity index (χ4n) is 2.58. The third kappa shape index (κ3) is 3.12. The molecule has 1 N–H and O–H groups in total. The van der Waals surface area contributed by atoms with Gasteiger partial charge in [0.2, 0.25) is 0 Å². The Labute approximate surface area is 153 Å². The van der Waals surface area contributed by atoms with Gasteiger partial charge in [0, 0.05) is 23.3 Å². The number of aryl methyl sites for hydroxylation is 1. The molecule has 0 saturated heterocycles. The standard InChI is InChI=1S/C19H15N5OS/c1-13-16-10-17(18(25)22-21-12-14-6-5-9-20-11-14)26-19(16)24(23-13)15-7-3-2-4-8-15/h2-12H,1H3,(H,22,25)/b21-12+. The van der Waals surface area contributed by atoms with Crippen LogP contribution in [0.15, 0.2) is 66.0 Å². The normalized spacial score (nSPS) is 11.3. The van der Waals surface area contributed by atoms with E-state index in [4.69, 9.17) is 0 Å². The van der Waals surface area contributed by atoms with Gasteiger partial charge in [0.05, 0.1) is 22.5 Å². The zero-order chi connectivity index (χ0) is 17.9. The zero-order valence-electron chi connectivity index (χ0n) is 14.0. The number of carbonyl (C=O) groups excluding carboxylic acids is 1. The van der Waals surface area contributed by atoms with Crippen molar-refractivity contribution in [3.63, 3.8) is 0 Å². The summed E-state index contributed by atoms with van der Waals surface area (Å²) in [5.41, 5.74) is 5.23. The van der Waals surface area contributed by atoms with E-state index in [2.05, 4.69) is 20.6 Å². The number of aromatic nitrogens is 3. The minimum Gasteiger partial charge on any atom is -0.266 e. The average molecular weight is 361 g/mol. The lowest BCUT2D eigenvalue weighted by molar-refractivity contribution is 0.0959. The zero-order valence-corrected chi connectivity index (χ0v) is 14.8. The van der Waals surface area contributed by atoms with Crippen LogP contribution in [0, 0.1) is 6.92 Å². The highest BCUT2D eigenvalue weighted by atomic mass is 32.1. The van der Waals surface area contributed by atoms with Gasteiger partial charge in [0.1, 0.15) is 4.83 Å². The van der Waals surface area contributed by atoms with Crippen LogP contribution >= 0.6 is 11.3 Å². The number of carbonyl (C=O) groups is 1. The summed E-state index contributed by atoms with van der Waals surface area (Å²) in [6.07, 6.45) is 4.92. The van der Waals surface area contributed by atoms with E-state index < -0.39 is 0 Å². The SMILES string of the molecule is Cc1nn(-c2ccccc2)c2sc(C(=O)N/N=C/c3cccnc3)cc12. The van der Waals surface area contributed by atoms with Gasteiger partial charge in [-0.05, 0) is 31.2 Å². The van der Waals surface area contributed by atoms with Crippen LogP contribution in [0.3, 0.4) is 0 Å². The number of thiophene rings is 1. The highest BCUT2D eigenvalue weighted by Crippen LogP contribution is 2.30. The van der Waals surface area contributed by atoms with E-state index in [-0.39, 0.29) is 5.91 Å². The molecule has 0 aliphatic heterocycles. The molecular weight excluding hydrogens is 346 g/mol. The number of fused-ring (bicyclic) bond motifs is 1. The second kappa shape index (κ2) is 6.89. The third-order valence-corrected chi connectivity index (χ3v) is 4.94. The van der Waals surface area contributed by atoms with Crippen molar-refractivity contribution in [2.75, 3.05) is 0 Å². The Morgan fingerprint density at radius 2 is 2.08 bits per heavy atom. The Kier molecular flexibility index (Phi) is 4.28. The largest absolute Gasteiger partial charge is 0.281 e. The molecule has 4 rings (SSSR count). The maximum absolute atomic E-state index is 12.4. The van der Waals surface area contributed by atoms with Crippen molar-refractivity contribution < 1.29 is 4.79 Å². The van der Waals surface area contributed by atoms with E-state index in [1.807, 2.05) is 60.1 Å². The van der Waals surface area contributed by atoms with Crippen LogP contribution in [-0.4, -0.2) is 26.9 Å². The Morgan fingerprint density at radius 1 is 1.23 bits per heavy atom. The van der Waals surface area contributed by atoms with Gasteiger partial charge >= 0.3 is 0 Å². The fraction of sp³-hybridized carbons (Fsp3) is 0.0526. The van der Waals surface area contributed by atoms with Crippen molar-refractivity contribution in [1.29, 1.82) is 0 Å². The predicted octanol–water partition coefficient (Wildman–Crippen LogP) is 3.55. The lowest BCUT2D eigenvalue weighted by Crippen LogP contribution is -2.16. The number of amides is 1. The molecule has 3 heterocycles. The van der Waals surface area contributed by atoms with E-state index in [0.29, 0.717) is 4.88 Å². The third-order valence-electron chi connectivity index (χ3n) is 3.83. The molecule has 0 saturated carbocycles. The Bertz CT molecular complexity index is 1080. The van der Waals surface area contributed by atoms with Crippen molar-refractivity contribution in [1.82, 2.24) is 20.2 Å². The summed E-state index contributed by atoms with van der Waals surface area (Å²) in [5, 5.41) is 9.55. The van der Waals surface area contributed by atoms with Gasteiger partial charge in [-0.15, -0.1) is 11.3 Å². The molecule has 0 aliphatic rings. The van der Waals surface area contributed by atoms with Gasteiger partial charge in [0.25, 0.3) is 5.91 Å². The Hall–Kier alpha value is -3.32. The number of pyridine rings is 1. The van der Waals surface area contributed by atoms with Crippen LogP contribution < -0.4 is 5.43 Å². The summed E-state index contributed by atoms with van der Waals surface area (Å²) >= 11 is 1.40. The minimum absolute atomic E-state index is 0.245. The topological polar surface area (TPSA) is 72.2 Å². The first-order chi connectivity index (χ1) is 12.7. The number of benzene rings is 1. The molecule has 6 nitrogen and oxygen atoms in total. The molecule has 1 amide bonds. The van der Waals surface area contributed by atoms with Crippen molar-refractivity contribution in [2.24, 2.45) is 5.10 Å². The van der Waals surface area contributed by atoms with E-state index >= 15 is 0 Å². The van der Waals surface area contributed by atoms with Crippen LogP contribution in [0.4, 0.5) is 0 Å². The molecule has 26 heavy (non-hydrogen) atoms. The molecular formula is C19H15N5OS. The number of rotatable bonds is 4. The number of hydrogen-bond acceptors (Lipinski definition) is 5. The van der Waals surface area contributed by atoms with Crippen LogP contribution in [0.5, 0.6) is 0 Å². The van der Waals surface area contributed by atoms with Gasteiger partial charge in [0.15, 0.2) is 0 Å².